The topological polar surface area (TPSA) is 46.3 Å². The first kappa shape index (κ1) is 11.3. The second kappa shape index (κ2) is 4.78. The van der Waals surface area contributed by atoms with E-state index in [2.05, 4.69) is 16.9 Å². The number of amides is 1. The summed E-state index contributed by atoms with van der Waals surface area (Å²) in [5.74, 6) is 0.287. The number of hydrogen-bond acceptors (Lipinski definition) is 2. The monoisotopic (exact) mass is 234 g/mol. The predicted octanol–water partition coefficient (Wildman–Crippen LogP) is -0.298. The molecule has 17 heavy (non-hydrogen) atoms. The molecule has 1 heterocycles. The molecule has 5 heteroatoms. The van der Waals surface area contributed by atoms with Gasteiger partial charge in [-0.2, -0.15) is 4.90 Å². The number of halogens is 1. The lowest BCUT2D eigenvalue weighted by Gasteiger charge is -2.09. The maximum absolute atomic E-state index is 12.7. The average molecular weight is 234 g/mol. The Hall–Kier alpha value is -2.17. The molecule has 0 aliphatic carbocycles. The van der Waals surface area contributed by atoms with E-state index in [9.17, 15) is 9.18 Å². The number of benzene rings is 1. The number of nitrogens with zero attached hydrogens (tertiary/aromatic N) is 1. The van der Waals surface area contributed by atoms with Crippen molar-refractivity contribution in [2.45, 2.75) is 0 Å². The van der Waals surface area contributed by atoms with Gasteiger partial charge in [-0.15, -0.1) is 0 Å². The molecule has 1 aromatic rings. The van der Waals surface area contributed by atoms with Crippen LogP contribution in [0.4, 0.5) is 10.1 Å². The maximum atomic E-state index is 12.7. The normalized spacial score (nSPS) is 14.8. The van der Waals surface area contributed by atoms with E-state index in [-0.39, 0.29) is 18.3 Å². The first-order valence-electron chi connectivity index (χ1n) is 5.25. The maximum Gasteiger partial charge on any atom is 0.358 e. The average Bonchev–Trinajstić information content (AvgIpc) is 2.65. The molecule has 1 aliphatic heterocycles. The van der Waals surface area contributed by atoms with Gasteiger partial charge in [0.05, 0.1) is 12.2 Å². The van der Waals surface area contributed by atoms with Gasteiger partial charge in [0.15, 0.2) is 6.54 Å². The van der Waals surface area contributed by atoms with Crippen LogP contribution in [0.3, 0.4) is 0 Å². The van der Waals surface area contributed by atoms with Gasteiger partial charge in [0, 0.05) is 0 Å². The number of nitrogens with one attached hydrogen (secondary N) is 2. The summed E-state index contributed by atoms with van der Waals surface area (Å²) in [5, 5.41) is 3.03. The minimum atomic E-state index is -0.293. The van der Waals surface area contributed by atoms with E-state index in [0.717, 1.165) is 5.69 Å². The minimum absolute atomic E-state index is 0.0190. The van der Waals surface area contributed by atoms with Crippen LogP contribution < -0.4 is 10.3 Å². The van der Waals surface area contributed by atoms with Crippen molar-refractivity contribution in [1.29, 1.82) is 0 Å². The quantitative estimate of drug-likeness (QED) is 0.706. The summed E-state index contributed by atoms with van der Waals surface area (Å²) >= 11 is 0. The van der Waals surface area contributed by atoms with Crippen molar-refractivity contribution in [3.63, 3.8) is 0 Å². The predicted molar refractivity (Wildman–Crippen MR) is 62.8 cm³/mol. The zero-order chi connectivity index (χ0) is 12.3. The summed E-state index contributed by atoms with van der Waals surface area (Å²) < 4.78 is 12.7. The molecule has 2 N–H and O–H groups in total. The smallest absolute Gasteiger partial charge is 0.266 e. The number of guanidine groups is 1. The van der Waals surface area contributed by atoms with E-state index in [0.29, 0.717) is 12.5 Å². The number of carbonyl (C=O) groups is 1. The van der Waals surface area contributed by atoms with Gasteiger partial charge in [-0.05, 0) is 24.3 Å². The molecule has 0 bridgehead atoms. The van der Waals surface area contributed by atoms with Gasteiger partial charge in [-0.1, -0.05) is 12.7 Å². The van der Waals surface area contributed by atoms with Gasteiger partial charge in [0.25, 0.3) is 0 Å². The van der Waals surface area contributed by atoms with E-state index in [1.807, 2.05) is 0 Å². The second-order valence-electron chi connectivity index (χ2n) is 3.63. The Morgan fingerprint density at radius 2 is 2.18 bits per heavy atom. The fraction of sp³-hybridized carbons (Fsp3) is 0.167. The molecular formula is C12H13FN3O+. The third kappa shape index (κ3) is 2.50. The molecule has 1 aliphatic rings. The first-order valence-corrected chi connectivity index (χ1v) is 5.25. The zero-order valence-corrected chi connectivity index (χ0v) is 9.24. The van der Waals surface area contributed by atoms with Crippen molar-refractivity contribution in [3.05, 3.63) is 42.7 Å². The Labute approximate surface area is 98.5 Å². The fourth-order valence-electron chi connectivity index (χ4n) is 1.58. The standard InChI is InChI=1S/C12H12FN3O/c1-2-7-16-11(17)8-14-12(16)15-10-5-3-9(13)4-6-10/h2-6H,1,7-8H2,(H,14,15)/p+1. The molecule has 88 valence electrons. The van der Waals surface area contributed by atoms with Crippen LogP contribution in [0.5, 0.6) is 0 Å². The van der Waals surface area contributed by atoms with Crippen LogP contribution in [0.1, 0.15) is 0 Å². The third-order valence-electron chi connectivity index (χ3n) is 2.40. The van der Waals surface area contributed by atoms with Gasteiger partial charge in [-0.25, -0.2) is 9.71 Å². The highest BCUT2D eigenvalue weighted by atomic mass is 19.1. The molecule has 1 aromatic carbocycles. The highest BCUT2D eigenvalue weighted by molar-refractivity contribution is 6.04. The van der Waals surface area contributed by atoms with Crippen molar-refractivity contribution in [1.82, 2.24) is 4.90 Å². The van der Waals surface area contributed by atoms with E-state index in [1.165, 1.54) is 12.1 Å². The lowest BCUT2D eigenvalue weighted by Crippen LogP contribution is -2.72. The van der Waals surface area contributed by atoms with Crippen molar-refractivity contribution in [2.75, 3.05) is 18.4 Å². The summed E-state index contributed by atoms with van der Waals surface area (Å²) in [6.07, 6.45) is 1.65. The van der Waals surface area contributed by atoms with Crippen LogP contribution in [0.25, 0.3) is 0 Å². The molecule has 0 unspecified atom stereocenters. The Morgan fingerprint density at radius 3 is 2.82 bits per heavy atom. The lowest BCUT2D eigenvalue weighted by molar-refractivity contribution is -0.438. The van der Waals surface area contributed by atoms with Crippen molar-refractivity contribution in [3.8, 4) is 0 Å². The summed E-state index contributed by atoms with van der Waals surface area (Å²) in [5.41, 5.74) is 0.720. The molecule has 0 fully saturated rings. The van der Waals surface area contributed by atoms with E-state index in [1.54, 1.807) is 23.1 Å². The Bertz CT molecular complexity index is 467. The van der Waals surface area contributed by atoms with Crippen LogP contribution in [-0.2, 0) is 4.79 Å². The van der Waals surface area contributed by atoms with E-state index < -0.39 is 0 Å². The highest BCUT2D eigenvalue weighted by Crippen LogP contribution is 2.08. The molecule has 1 amide bonds. The zero-order valence-electron chi connectivity index (χ0n) is 9.24. The first-order chi connectivity index (χ1) is 8.20. The van der Waals surface area contributed by atoms with Gasteiger partial charge < -0.3 is 0 Å². The van der Waals surface area contributed by atoms with Gasteiger partial charge in [0.1, 0.15) is 5.82 Å². The Morgan fingerprint density at radius 1 is 1.47 bits per heavy atom. The largest absolute Gasteiger partial charge is 0.358 e. The summed E-state index contributed by atoms with van der Waals surface area (Å²) in [6, 6.07) is 5.94. The van der Waals surface area contributed by atoms with Gasteiger partial charge in [0.2, 0.25) is 0 Å². The fourth-order valence-corrected chi connectivity index (χ4v) is 1.58. The van der Waals surface area contributed by atoms with Crippen LogP contribution in [0.15, 0.2) is 36.9 Å². The molecule has 0 saturated carbocycles. The second-order valence-corrected chi connectivity index (χ2v) is 3.63. The third-order valence-corrected chi connectivity index (χ3v) is 2.40. The number of anilines is 1. The summed E-state index contributed by atoms with van der Waals surface area (Å²) in [4.78, 5) is 16.0. The van der Waals surface area contributed by atoms with Crippen molar-refractivity contribution < 1.29 is 14.2 Å². The van der Waals surface area contributed by atoms with Gasteiger partial charge >= 0.3 is 11.9 Å². The van der Waals surface area contributed by atoms with Crippen molar-refractivity contribution in [2.24, 2.45) is 0 Å². The molecule has 0 spiro atoms. The lowest BCUT2D eigenvalue weighted by atomic mass is 10.3. The highest BCUT2D eigenvalue weighted by Gasteiger charge is 2.31. The summed E-state index contributed by atoms with van der Waals surface area (Å²) in [6.45, 7) is 4.30. The minimum Gasteiger partial charge on any atom is -0.266 e. The molecule has 0 aromatic heterocycles. The molecular weight excluding hydrogens is 221 g/mol. The molecule has 0 radical (unpaired) electrons. The molecule has 4 nitrogen and oxygen atoms in total. The van der Waals surface area contributed by atoms with Crippen LogP contribution in [-0.4, -0.2) is 29.9 Å². The van der Waals surface area contributed by atoms with Crippen LogP contribution in [0, 0.1) is 5.82 Å². The van der Waals surface area contributed by atoms with E-state index in [4.69, 9.17) is 0 Å². The summed E-state index contributed by atoms with van der Waals surface area (Å²) in [7, 11) is 0. The Balaban J connectivity index is 2.10. The molecule has 2 rings (SSSR count). The van der Waals surface area contributed by atoms with Crippen LogP contribution >= 0.6 is 0 Å². The Kier molecular flexibility index (Phi) is 3.18. The number of carbonyl (C=O) groups excluding carboxylic acids is 1. The SMILES string of the molecule is C=CCN1C(=O)C[NH+]=C1Nc1ccc(F)cc1. The molecule has 0 saturated heterocycles. The number of hydrogen-bond donors (Lipinski definition) is 2. The van der Waals surface area contributed by atoms with Gasteiger partial charge in [-0.3, -0.25) is 9.79 Å². The molecule has 0 atom stereocenters. The van der Waals surface area contributed by atoms with E-state index >= 15 is 0 Å². The van der Waals surface area contributed by atoms with Crippen molar-refractivity contribution >= 4 is 17.6 Å². The van der Waals surface area contributed by atoms with Crippen LogP contribution in [0.2, 0.25) is 0 Å². The number of rotatable bonds is 3.